The Hall–Kier alpha value is -1.75. The monoisotopic (exact) mass is 460 g/mol. The zero-order valence-electron chi connectivity index (χ0n) is 17.1. The van der Waals surface area contributed by atoms with Crippen LogP contribution in [-0.4, -0.2) is 37.0 Å². The fourth-order valence-electron chi connectivity index (χ4n) is 3.95. The molecule has 3 aliphatic heterocycles. The van der Waals surface area contributed by atoms with Crippen molar-refractivity contribution in [2.45, 2.75) is 50.2 Å². The van der Waals surface area contributed by atoms with Crippen molar-refractivity contribution in [2.75, 3.05) is 16.4 Å². The van der Waals surface area contributed by atoms with Gasteiger partial charge in [0.1, 0.15) is 5.00 Å². The summed E-state index contributed by atoms with van der Waals surface area (Å²) in [6.45, 7) is 12.7. The van der Waals surface area contributed by atoms with Gasteiger partial charge in [-0.25, -0.2) is 4.57 Å². The SMILES string of the molecule is C=CCSC1=NNC2c3c(sc4c3C[C@](C)(CC)OC4)-n3c(SCC=C)nnc3N12. The Morgan fingerprint density at radius 3 is 2.87 bits per heavy atom. The number of ether oxygens (including phenoxy) is 1. The van der Waals surface area contributed by atoms with Gasteiger partial charge in [-0.3, -0.25) is 10.3 Å². The molecule has 5 rings (SSSR count). The van der Waals surface area contributed by atoms with Crippen LogP contribution < -0.4 is 10.3 Å². The molecule has 0 radical (unpaired) electrons. The van der Waals surface area contributed by atoms with E-state index in [0.717, 1.165) is 40.6 Å². The van der Waals surface area contributed by atoms with Crippen LogP contribution in [0.1, 0.15) is 42.4 Å². The highest BCUT2D eigenvalue weighted by Gasteiger charge is 2.46. The molecule has 0 fully saturated rings. The number of anilines is 1. The fraction of sp³-hybridized carbons (Fsp3) is 0.450. The molecule has 5 heterocycles. The van der Waals surface area contributed by atoms with Gasteiger partial charge in [0.25, 0.3) is 0 Å². The lowest BCUT2D eigenvalue weighted by atomic mass is 9.88. The average molecular weight is 461 g/mol. The van der Waals surface area contributed by atoms with E-state index in [-0.39, 0.29) is 11.8 Å². The van der Waals surface area contributed by atoms with E-state index in [4.69, 9.17) is 4.74 Å². The molecule has 10 heteroatoms. The molecule has 0 aromatic carbocycles. The van der Waals surface area contributed by atoms with E-state index in [1.54, 1.807) is 34.9 Å². The standard InChI is InChI=1S/C20H24N6OS3/c1-5-8-28-18-23-21-15-14-12-10-20(4,7-3)27-11-13(12)30-16(14)26-17(25(15)18)22-24-19(26)29-9-6-2/h5-6,15,21H,1-2,7-11H2,3-4H3/t15?,20-/m0/s1. The Kier molecular flexibility index (Phi) is 5.20. The maximum absolute atomic E-state index is 6.24. The molecular weight excluding hydrogens is 436 g/mol. The second-order valence-electron chi connectivity index (χ2n) is 7.60. The van der Waals surface area contributed by atoms with Crippen molar-refractivity contribution in [1.82, 2.24) is 20.2 Å². The van der Waals surface area contributed by atoms with Gasteiger partial charge in [-0.15, -0.1) is 34.7 Å². The number of nitrogens with one attached hydrogen (secondary N) is 1. The molecule has 2 aromatic heterocycles. The molecule has 3 aliphatic rings. The average Bonchev–Trinajstić information content (AvgIpc) is 3.45. The van der Waals surface area contributed by atoms with E-state index in [1.807, 2.05) is 12.2 Å². The van der Waals surface area contributed by atoms with Crippen molar-refractivity contribution in [3.63, 3.8) is 0 Å². The van der Waals surface area contributed by atoms with Crippen LogP contribution in [0.3, 0.4) is 0 Å². The van der Waals surface area contributed by atoms with Gasteiger partial charge in [-0.1, -0.05) is 42.6 Å². The molecule has 2 aromatic rings. The Morgan fingerprint density at radius 2 is 2.10 bits per heavy atom. The van der Waals surface area contributed by atoms with Crippen LogP contribution in [0.15, 0.2) is 35.6 Å². The predicted octanol–water partition coefficient (Wildman–Crippen LogP) is 4.46. The fourth-order valence-corrected chi connectivity index (χ4v) is 6.65. The number of hydrogen-bond acceptors (Lipinski definition) is 9. The van der Waals surface area contributed by atoms with Crippen LogP contribution in [-0.2, 0) is 17.8 Å². The number of hydrazone groups is 1. The van der Waals surface area contributed by atoms with Crippen LogP contribution in [0.5, 0.6) is 0 Å². The van der Waals surface area contributed by atoms with Gasteiger partial charge in [0.15, 0.2) is 16.5 Å². The topological polar surface area (TPSA) is 67.6 Å². The minimum Gasteiger partial charge on any atom is -0.369 e. The minimum absolute atomic E-state index is 0.0690. The van der Waals surface area contributed by atoms with Crippen LogP contribution >= 0.6 is 34.9 Å². The van der Waals surface area contributed by atoms with Gasteiger partial charge in [-0.2, -0.15) is 5.10 Å². The Labute approximate surface area is 188 Å². The first-order chi connectivity index (χ1) is 14.6. The molecule has 0 bridgehead atoms. The summed E-state index contributed by atoms with van der Waals surface area (Å²) in [4.78, 5) is 3.47. The largest absolute Gasteiger partial charge is 0.369 e. The summed E-state index contributed by atoms with van der Waals surface area (Å²) in [5.41, 5.74) is 5.90. The zero-order valence-corrected chi connectivity index (χ0v) is 19.5. The third-order valence-corrected chi connectivity index (χ3v) is 8.76. The summed E-state index contributed by atoms with van der Waals surface area (Å²) >= 11 is 5.09. The third kappa shape index (κ3) is 3.04. The Balaban J connectivity index is 1.66. The van der Waals surface area contributed by atoms with Crippen molar-refractivity contribution < 1.29 is 4.74 Å². The lowest BCUT2D eigenvalue weighted by molar-refractivity contribution is -0.0549. The Bertz CT molecular complexity index is 1040. The van der Waals surface area contributed by atoms with Gasteiger partial charge in [0.05, 0.1) is 12.2 Å². The smallest absolute Gasteiger partial charge is 0.241 e. The molecule has 0 aliphatic carbocycles. The maximum Gasteiger partial charge on any atom is 0.241 e. The molecule has 1 N–H and O–H groups in total. The van der Waals surface area contributed by atoms with E-state index in [0.29, 0.717) is 6.61 Å². The lowest BCUT2D eigenvalue weighted by Gasteiger charge is -2.35. The van der Waals surface area contributed by atoms with Crippen molar-refractivity contribution in [3.8, 4) is 5.00 Å². The molecule has 0 saturated carbocycles. The van der Waals surface area contributed by atoms with E-state index in [2.05, 4.69) is 57.2 Å². The molecule has 7 nitrogen and oxygen atoms in total. The summed E-state index contributed by atoms with van der Waals surface area (Å²) in [5, 5.41) is 16.7. The number of thioether (sulfide) groups is 2. The molecular formula is C20H24N6OS3. The second kappa shape index (κ2) is 7.74. The van der Waals surface area contributed by atoms with Crippen molar-refractivity contribution in [1.29, 1.82) is 0 Å². The number of hydrogen-bond donors (Lipinski definition) is 1. The van der Waals surface area contributed by atoms with E-state index in [1.165, 1.54) is 21.0 Å². The highest BCUT2D eigenvalue weighted by molar-refractivity contribution is 8.14. The van der Waals surface area contributed by atoms with Crippen molar-refractivity contribution in [2.24, 2.45) is 5.10 Å². The zero-order chi connectivity index (χ0) is 20.9. The van der Waals surface area contributed by atoms with E-state index >= 15 is 0 Å². The van der Waals surface area contributed by atoms with Gasteiger partial charge in [0, 0.05) is 28.4 Å². The summed E-state index contributed by atoms with van der Waals surface area (Å²) < 4.78 is 8.43. The molecule has 1 unspecified atom stereocenters. The number of amidine groups is 1. The van der Waals surface area contributed by atoms with E-state index < -0.39 is 0 Å². The third-order valence-electron chi connectivity index (χ3n) is 5.68. The molecule has 30 heavy (non-hydrogen) atoms. The Morgan fingerprint density at radius 1 is 1.30 bits per heavy atom. The number of rotatable bonds is 6. The number of fused-ring (bicyclic) bond motifs is 8. The summed E-state index contributed by atoms with van der Waals surface area (Å²) in [7, 11) is 0. The van der Waals surface area contributed by atoms with Gasteiger partial charge >= 0.3 is 0 Å². The lowest BCUT2D eigenvalue weighted by Crippen LogP contribution is -2.40. The quantitative estimate of drug-likeness (QED) is 0.504. The first-order valence-corrected chi connectivity index (χ1v) is 12.7. The number of thiophene rings is 1. The first kappa shape index (κ1) is 20.2. The molecule has 0 spiro atoms. The maximum atomic E-state index is 6.24. The first-order valence-electron chi connectivity index (χ1n) is 9.94. The van der Waals surface area contributed by atoms with Gasteiger partial charge in [-0.05, 0) is 18.9 Å². The summed E-state index contributed by atoms with van der Waals surface area (Å²) in [6.07, 6.45) is 5.60. The summed E-state index contributed by atoms with van der Waals surface area (Å²) in [5.74, 6) is 2.37. The minimum atomic E-state index is -0.138. The molecule has 0 amide bonds. The van der Waals surface area contributed by atoms with Crippen LogP contribution in [0.2, 0.25) is 0 Å². The highest BCUT2D eigenvalue weighted by atomic mass is 32.2. The number of aromatic nitrogens is 3. The summed E-state index contributed by atoms with van der Waals surface area (Å²) in [6, 6.07) is 0. The second-order valence-corrected chi connectivity index (χ2v) is 10.7. The van der Waals surface area contributed by atoms with Crippen LogP contribution in [0, 0.1) is 0 Å². The van der Waals surface area contributed by atoms with Gasteiger partial charge < -0.3 is 4.74 Å². The highest BCUT2D eigenvalue weighted by Crippen LogP contribution is 2.50. The van der Waals surface area contributed by atoms with Crippen LogP contribution in [0.4, 0.5) is 5.95 Å². The molecule has 2 atom stereocenters. The van der Waals surface area contributed by atoms with Crippen molar-refractivity contribution >= 4 is 46.0 Å². The van der Waals surface area contributed by atoms with Crippen molar-refractivity contribution in [3.05, 3.63) is 41.3 Å². The predicted molar refractivity (Wildman–Crippen MR) is 126 cm³/mol. The van der Waals surface area contributed by atoms with E-state index in [9.17, 15) is 0 Å². The molecule has 0 saturated heterocycles. The number of nitrogens with zero attached hydrogens (tertiary/aromatic N) is 5. The van der Waals surface area contributed by atoms with Crippen LogP contribution in [0.25, 0.3) is 5.00 Å². The normalized spacial score (nSPS) is 23.7. The van der Waals surface area contributed by atoms with Gasteiger partial charge in [0.2, 0.25) is 5.95 Å². The molecule has 158 valence electrons.